The molecule has 2 saturated heterocycles. The van der Waals surface area contributed by atoms with Crippen LogP contribution < -0.4 is 11.5 Å². The van der Waals surface area contributed by atoms with Crippen LogP contribution >= 0.6 is 38.1 Å². The highest BCUT2D eigenvalue weighted by Crippen LogP contribution is 2.49. The molecule has 10 rings (SSSR count). The highest BCUT2D eigenvalue weighted by Gasteiger charge is 2.68. The average molecular weight is 1310 g/mol. The van der Waals surface area contributed by atoms with E-state index in [4.69, 9.17) is 62.0 Å². The molecule has 22 nitrogen and oxygen atoms in total. The second-order valence-electron chi connectivity index (χ2n) is 20.6. The Morgan fingerprint density at radius 2 is 1.01 bits per heavy atom. The molecule has 4 aromatic heterocycles. The summed E-state index contributed by atoms with van der Waals surface area (Å²) in [5.74, 6) is -6.55. The fourth-order valence-corrected chi connectivity index (χ4v) is 15.1. The highest BCUT2D eigenvalue weighted by molar-refractivity contribution is 9.10. The van der Waals surface area contributed by atoms with Crippen LogP contribution in [-0.2, 0) is 39.0 Å². The molecule has 29 heteroatoms. The Kier molecular flexibility index (Phi) is 20.9. The largest absolute Gasteiger partial charge is 0.459 e. The number of hydrogen-bond donors (Lipinski definition) is 3. The molecule has 0 spiro atoms. The molecule has 7 atom stereocenters. The van der Waals surface area contributed by atoms with Crippen molar-refractivity contribution in [2.75, 3.05) is 24.7 Å². The number of alkyl halides is 2. The SMILES string of the molecule is C[C@@]1(F)[C@H](OC(=O)c2ccccc2)[C@@H](COC(=O)c2ccccc2)OC1(O)c1cnc2c(N)ncnn12.C[C@]1(F)C(=O)O[C@H](COC(=O)c2ccccc2)[C@H]1OC(=O)c1ccccc1.C[Si](C)(Cl)CC[Si](C)(C)Cl.Nc1ncnn2c(Br)cnc12. The summed E-state index contributed by atoms with van der Waals surface area (Å²) in [5.41, 5.74) is 7.35. The molecular formula is C56H59BrCl2F2N10O12Si2. The van der Waals surface area contributed by atoms with Crippen LogP contribution in [0, 0.1) is 0 Å². The van der Waals surface area contributed by atoms with E-state index in [0.29, 0.717) is 17.0 Å². The summed E-state index contributed by atoms with van der Waals surface area (Å²) in [7, 11) is -2.69. The molecule has 1 unspecified atom stereocenters. The van der Waals surface area contributed by atoms with E-state index in [1.165, 1.54) is 30.6 Å². The number of halogens is 5. The molecule has 0 radical (unpaired) electrons. The molecule has 4 aromatic carbocycles. The van der Waals surface area contributed by atoms with Crippen molar-refractivity contribution in [2.24, 2.45) is 0 Å². The number of imidazole rings is 2. The standard InChI is InChI=1S/C25H22FN5O6.C20H17FO6.C6H16Cl2Si2.C5H4BrN5/c1-24(26)19(36-23(33)16-10-6-3-7-11-16)17(13-35-22(32)15-8-4-2-5-9-15)37-25(24,34)18-12-28-21-20(27)29-14-30-31(18)21;1-20(21)16(27-18(23)14-10-6-3-7-11-14)15(26-19(20)24)12-25-17(22)13-8-4-2-5-9-13;1-9(2,7)5-6-10(3,4)8;6-3-1-8-5-4(7)9-2-10-11(3)5/h2-12,14,17,19,34H,13H2,1H3,(H2,27,29,30);2-11,15-16H,12H2,1H3;5-6H2,1-4H3;1-2H,(H2,7,9,10)/t17-,19-,24-,25?;15-,16-,20-;;/m11../s1. The van der Waals surface area contributed by atoms with Crippen molar-refractivity contribution in [1.29, 1.82) is 0 Å². The molecule has 0 bridgehead atoms. The zero-order chi connectivity index (χ0) is 61.9. The first-order chi connectivity index (χ1) is 40.1. The number of nitrogens with two attached hydrogens (primary N) is 2. The molecule has 85 heavy (non-hydrogen) atoms. The number of nitrogens with zero attached hydrogens (tertiary/aromatic N) is 8. The van der Waals surface area contributed by atoms with Gasteiger partial charge in [0.15, 0.2) is 41.2 Å². The molecule has 2 aliphatic heterocycles. The average Bonchev–Trinajstić information content (AvgIpc) is 1.73. The second kappa shape index (κ2) is 27.5. The summed E-state index contributed by atoms with van der Waals surface area (Å²) in [4.78, 5) is 77.1. The minimum Gasteiger partial charge on any atom is -0.459 e. The lowest BCUT2D eigenvalue weighted by Crippen LogP contribution is -2.51. The van der Waals surface area contributed by atoms with Gasteiger partial charge in [-0.25, -0.2) is 61.7 Å². The third-order valence-corrected chi connectivity index (χ3v) is 18.0. The van der Waals surface area contributed by atoms with Gasteiger partial charge < -0.3 is 45.0 Å². The number of aliphatic hydroxyl groups is 1. The zero-order valence-corrected chi connectivity index (χ0v) is 51.7. The van der Waals surface area contributed by atoms with Crippen LogP contribution in [0.25, 0.3) is 11.3 Å². The van der Waals surface area contributed by atoms with Gasteiger partial charge in [0.25, 0.3) is 5.79 Å². The maximum absolute atomic E-state index is 16.6. The number of rotatable bonds is 14. The van der Waals surface area contributed by atoms with Crippen molar-refractivity contribution in [3.63, 3.8) is 0 Å². The van der Waals surface area contributed by atoms with Gasteiger partial charge in [-0.05, 0) is 90.4 Å². The third kappa shape index (κ3) is 16.1. The number of benzene rings is 4. The Morgan fingerprint density at radius 3 is 1.45 bits per heavy atom. The van der Waals surface area contributed by atoms with Gasteiger partial charge in [-0.3, -0.25) is 0 Å². The van der Waals surface area contributed by atoms with Gasteiger partial charge in [-0.2, -0.15) is 32.4 Å². The highest BCUT2D eigenvalue weighted by atomic mass is 79.9. The van der Waals surface area contributed by atoms with Crippen LogP contribution in [0.4, 0.5) is 20.4 Å². The first kappa shape index (κ1) is 64.8. The quantitative estimate of drug-likeness (QED) is 0.0395. The predicted molar refractivity (Wildman–Crippen MR) is 317 cm³/mol. The maximum Gasteiger partial charge on any atom is 0.348 e. The normalized spacial score (nSPS) is 21.6. The van der Waals surface area contributed by atoms with E-state index in [-0.39, 0.29) is 33.8 Å². The molecular weight excluding hydrogens is 1250 g/mol. The van der Waals surface area contributed by atoms with Gasteiger partial charge in [0.1, 0.15) is 57.0 Å². The number of nitrogen functional groups attached to an aromatic ring is 2. The van der Waals surface area contributed by atoms with Crippen LogP contribution in [0.1, 0.15) is 61.0 Å². The first-order valence-corrected chi connectivity index (χ1v) is 35.2. The first-order valence-electron chi connectivity index (χ1n) is 26.0. The Hall–Kier alpha value is -7.80. The van der Waals surface area contributed by atoms with E-state index in [2.05, 4.69) is 72.3 Å². The number of aromatic nitrogens is 8. The van der Waals surface area contributed by atoms with Crippen molar-refractivity contribution in [3.8, 4) is 0 Å². The molecule has 5 N–H and O–H groups in total. The van der Waals surface area contributed by atoms with Gasteiger partial charge in [0.05, 0.1) is 34.6 Å². The topological polar surface area (TPSA) is 299 Å². The number of anilines is 2. The van der Waals surface area contributed by atoms with Gasteiger partial charge in [-0.1, -0.05) is 99.0 Å². The lowest BCUT2D eigenvalue weighted by molar-refractivity contribution is -0.256. The lowest BCUT2D eigenvalue weighted by Gasteiger charge is -2.32. The Balaban J connectivity index is 0.000000186. The van der Waals surface area contributed by atoms with E-state index in [1.807, 2.05) is 0 Å². The lowest BCUT2D eigenvalue weighted by atomic mass is 9.89. The number of fused-ring (bicyclic) bond motifs is 2. The van der Waals surface area contributed by atoms with Crippen molar-refractivity contribution < 1.29 is 66.3 Å². The van der Waals surface area contributed by atoms with Crippen molar-refractivity contribution >= 4 is 106 Å². The van der Waals surface area contributed by atoms with Crippen LogP contribution in [0.15, 0.2) is 151 Å². The predicted octanol–water partition coefficient (Wildman–Crippen LogP) is 9.13. The molecule has 448 valence electrons. The van der Waals surface area contributed by atoms with E-state index < -0.39 is 99.4 Å². The van der Waals surface area contributed by atoms with Crippen LogP contribution in [-0.4, -0.2) is 138 Å². The monoisotopic (exact) mass is 1310 g/mol. The molecule has 0 aliphatic carbocycles. The summed E-state index contributed by atoms with van der Waals surface area (Å²) in [6.07, 6.45) is -0.632. The molecule has 0 saturated carbocycles. The molecule has 2 aliphatic rings. The van der Waals surface area contributed by atoms with Crippen molar-refractivity contribution in [2.45, 2.75) is 93.7 Å². The number of hydrogen-bond acceptors (Lipinski definition) is 20. The van der Waals surface area contributed by atoms with E-state index >= 15 is 4.39 Å². The Morgan fingerprint density at radius 1 is 0.624 bits per heavy atom. The summed E-state index contributed by atoms with van der Waals surface area (Å²) in [5, 5.41) is 19.5. The minimum absolute atomic E-state index is 0.0104. The van der Waals surface area contributed by atoms with Crippen molar-refractivity contribution in [1.82, 2.24) is 39.2 Å². The van der Waals surface area contributed by atoms with Gasteiger partial charge in [0, 0.05) is 0 Å². The number of carbonyl (C=O) groups is 5. The zero-order valence-electron chi connectivity index (χ0n) is 46.6. The van der Waals surface area contributed by atoms with Gasteiger partial charge in [-0.15, -0.1) is 0 Å². The second-order valence-corrected chi connectivity index (χ2v) is 35.5. The molecule has 6 heterocycles. The van der Waals surface area contributed by atoms with E-state index in [9.17, 15) is 33.5 Å². The fraction of sp³-hybridized carbons (Fsp3) is 0.304. The number of ether oxygens (including phenoxy) is 6. The Bertz CT molecular complexity index is 3600. The summed E-state index contributed by atoms with van der Waals surface area (Å²) in [6.45, 7) is 9.70. The smallest absolute Gasteiger partial charge is 0.348 e. The third-order valence-electron chi connectivity index (χ3n) is 12.9. The minimum atomic E-state index is -2.75. The van der Waals surface area contributed by atoms with Crippen LogP contribution in [0.3, 0.4) is 0 Å². The number of esters is 5. The summed E-state index contributed by atoms with van der Waals surface area (Å²) < 4.78 is 66.6. The summed E-state index contributed by atoms with van der Waals surface area (Å²) in [6, 6.07) is 34.5. The number of cyclic esters (lactones) is 1. The van der Waals surface area contributed by atoms with Gasteiger partial charge >= 0.3 is 29.8 Å². The van der Waals surface area contributed by atoms with Gasteiger partial charge in [0.2, 0.25) is 11.3 Å². The van der Waals surface area contributed by atoms with E-state index in [0.717, 1.165) is 47.6 Å². The molecule has 0 amide bonds. The molecule has 8 aromatic rings. The van der Waals surface area contributed by atoms with Crippen LogP contribution in [0.5, 0.6) is 0 Å². The maximum atomic E-state index is 16.6. The van der Waals surface area contributed by atoms with Crippen molar-refractivity contribution in [3.05, 3.63) is 179 Å². The fourth-order valence-electron chi connectivity index (χ4n) is 8.26. The number of carbonyl (C=O) groups excluding carboxylic acids is 5. The van der Waals surface area contributed by atoms with Crippen LogP contribution in [0.2, 0.25) is 38.3 Å². The van der Waals surface area contributed by atoms with E-state index in [1.54, 1.807) is 108 Å². The molecule has 2 fully saturated rings. The Labute approximate surface area is 505 Å². The summed E-state index contributed by atoms with van der Waals surface area (Å²) >= 11 is 15.5.